The fourth-order valence-corrected chi connectivity index (χ4v) is 3.40. The zero-order valence-corrected chi connectivity index (χ0v) is 18.3. The van der Waals surface area contributed by atoms with Crippen LogP contribution < -0.4 is 10.6 Å². The molecule has 0 aliphatic rings. The molecule has 0 radical (unpaired) electrons. The second-order valence-corrected chi connectivity index (χ2v) is 9.02. The Hall–Kier alpha value is -1.62. The third-order valence-corrected chi connectivity index (χ3v) is 5.06. The normalized spacial score (nSPS) is 11.7. The molecule has 0 aliphatic heterocycles. The number of nitrogens with one attached hydrogen (secondary N) is 2. The highest BCUT2D eigenvalue weighted by atomic mass is 79.9. The molecule has 0 amide bonds. The monoisotopic (exact) mass is 445 g/mol. The molecule has 0 fully saturated rings. The zero-order valence-electron chi connectivity index (χ0n) is 15.9. The maximum absolute atomic E-state index is 6.16. The minimum absolute atomic E-state index is 0.142. The van der Waals surface area contributed by atoms with Gasteiger partial charge < -0.3 is 10.6 Å². The van der Waals surface area contributed by atoms with Crippen LogP contribution in [0.5, 0.6) is 0 Å². The fraction of sp³-hybridized carbons (Fsp3) is 0.318. The molecule has 0 aliphatic carbocycles. The highest BCUT2D eigenvalue weighted by Gasteiger charge is 2.12. The van der Waals surface area contributed by atoms with Gasteiger partial charge in [0.1, 0.15) is 0 Å². The van der Waals surface area contributed by atoms with Crippen molar-refractivity contribution in [3.05, 3.63) is 58.2 Å². The van der Waals surface area contributed by atoms with E-state index in [1.165, 1.54) is 0 Å². The maximum atomic E-state index is 6.16. The smallest absolute Gasteiger partial charge is 0.0738 e. The summed E-state index contributed by atoms with van der Waals surface area (Å²) in [6, 6.07) is 14.2. The van der Waals surface area contributed by atoms with Gasteiger partial charge >= 0.3 is 0 Å². The van der Waals surface area contributed by atoms with Gasteiger partial charge in [-0.3, -0.25) is 4.98 Å². The zero-order chi connectivity index (χ0) is 19.4. The van der Waals surface area contributed by atoms with Gasteiger partial charge in [-0.15, -0.1) is 0 Å². The third-order valence-electron chi connectivity index (χ3n) is 4.30. The van der Waals surface area contributed by atoms with Crippen molar-refractivity contribution in [2.75, 3.05) is 18.4 Å². The van der Waals surface area contributed by atoms with Gasteiger partial charge in [-0.25, -0.2) is 0 Å². The number of aromatic nitrogens is 1. The first-order valence-corrected chi connectivity index (χ1v) is 10.3. The first kappa shape index (κ1) is 20.1. The van der Waals surface area contributed by atoms with E-state index in [0.717, 1.165) is 51.7 Å². The Morgan fingerprint density at radius 1 is 1.04 bits per heavy atom. The van der Waals surface area contributed by atoms with Gasteiger partial charge in [0.25, 0.3) is 0 Å². The van der Waals surface area contributed by atoms with Crippen molar-refractivity contribution in [3.8, 4) is 11.1 Å². The molecule has 2 aromatic carbocycles. The van der Waals surface area contributed by atoms with E-state index in [1.807, 2.05) is 24.4 Å². The second-order valence-electron chi connectivity index (χ2n) is 7.67. The average Bonchev–Trinajstić information content (AvgIpc) is 2.61. The molecule has 0 bridgehead atoms. The van der Waals surface area contributed by atoms with Gasteiger partial charge in [0.2, 0.25) is 0 Å². The molecule has 2 N–H and O–H groups in total. The molecule has 0 saturated carbocycles. The Kier molecular flexibility index (Phi) is 6.40. The Labute approximate surface area is 174 Å². The van der Waals surface area contributed by atoms with E-state index in [-0.39, 0.29) is 5.54 Å². The van der Waals surface area contributed by atoms with Gasteiger partial charge in [-0.2, -0.15) is 0 Å². The number of fused-ring (bicyclic) bond motifs is 1. The quantitative estimate of drug-likeness (QED) is 0.424. The summed E-state index contributed by atoms with van der Waals surface area (Å²) in [6.07, 6.45) is 2.96. The van der Waals surface area contributed by atoms with Crippen LogP contribution in [0.15, 0.2) is 53.1 Å². The van der Waals surface area contributed by atoms with E-state index in [1.54, 1.807) is 0 Å². The topological polar surface area (TPSA) is 37.0 Å². The molecule has 0 spiro atoms. The number of anilines is 1. The van der Waals surface area contributed by atoms with Crippen molar-refractivity contribution in [1.29, 1.82) is 0 Å². The van der Waals surface area contributed by atoms with E-state index >= 15 is 0 Å². The molecular weight excluding hydrogens is 422 g/mol. The Balaban J connectivity index is 1.89. The molecule has 0 unspecified atom stereocenters. The standard InChI is InChI=1S/C22H25BrClN3/c1-22(2,3)27-12-4-11-25-21-18-10-9-17(24)13-20(18)26-14-19(21)15-5-7-16(23)8-6-15/h5-10,13-14,27H,4,11-12H2,1-3H3,(H,25,26). The summed E-state index contributed by atoms with van der Waals surface area (Å²) in [5, 5.41) is 8.96. The van der Waals surface area contributed by atoms with Gasteiger partial charge in [-0.05, 0) is 69.6 Å². The van der Waals surface area contributed by atoms with E-state index in [9.17, 15) is 0 Å². The predicted molar refractivity (Wildman–Crippen MR) is 121 cm³/mol. The highest BCUT2D eigenvalue weighted by Crippen LogP contribution is 2.35. The van der Waals surface area contributed by atoms with Crippen LogP contribution in [-0.4, -0.2) is 23.6 Å². The molecule has 3 nitrogen and oxygen atoms in total. The third kappa shape index (κ3) is 5.44. The number of rotatable bonds is 6. The summed E-state index contributed by atoms with van der Waals surface area (Å²) >= 11 is 9.67. The molecular formula is C22H25BrClN3. The van der Waals surface area contributed by atoms with Gasteiger partial charge in [0, 0.05) is 38.7 Å². The van der Waals surface area contributed by atoms with Crippen LogP contribution in [0.4, 0.5) is 5.69 Å². The summed E-state index contributed by atoms with van der Waals surface area (Å²) in [5.41, 5.74) is 4.38. The summed E-state index contributed by atoms with van der Waals surface area (Å²) in [7, 11) is 0. The van der Waals surface area contributed by atoms with Crippen molar-refractivity contribution in [3.63, 3.8) is 0 Å². The first-order chi connectivity index (χ1) is 12.8. The number of hydrogen-bond acceptors (Lipinski definition) is 3. The van der Waals surface area contributed by atoms with Crippen LogP contribution in [0.25, 0.3) is 22.0 Å². The van der Waals surface area contributed by atoms with Crippen LogP contribution in [0.2, 0.25) is 5.02 Å². The summed E-state index contributed by atoms with van der Waals surface area (Å²) < 4.78 is 1.06. The van der Waals surface area contributed by atoms with Crippen molar-refractivity contribution >= 4 is 44.1 Å². The Morgan fingerprint density at radius 3 is 2.48 bits per heavy atom. The minimum atomic E-state index is 0.142. The SMILES string of the molecule is CC(C)(C)NCCCNc1c(-c2ccc(Br)cc2)cnc2cc(Cl)ccc12. The predicted octanol–water partition coefficient (Wildman–Crippen LogP) is 6.51. The van der Waals surface area contributed by atoms with Gasteiger partial charge in [0.05, 0.1) is 11.2 Å². The van der Waals surface area contributed by atoms with Gasteiger partial charge in [-0.1, -0.05) is 39.7 Å². The lowest BCUT2D eigenvalue weighted by Crippen LogP contribution is -2.36. The van der Waals surface area contributed by atoms with Gasteiger partial charge in [0.15, 0.2) is 0 Å². The number of pyridine rings is 1. The molecule has 27 heavy (non-hydrogen) atoms. The highest BCUT2D eigenvalue weighted by molar-refractivity contribution is 9.10. The van der Waals surface area contributed by atoms with E-state index < -0.39 is 0 Å². The molecule has 0 saturated heterocycles. The fourth-order valence-electron chi connectivity index (χ4n) is 2.97. The first-order valence-electron chi connectivity index (χ1n) is 9.16. The van der Waals surface area contributed by atoms with Crippen LogP contribution in [0.1, 0.15) is 27.2 Å². The maximum Gasteiger partial charge on any atom is 0.0738 e. The van der Waals surface area contributed by atoms with Crippen molar-refractivity contribution < 1.29 is 0 Å². The van der Waals surface area contributed by atoms with Crippen molar-refractivity contribution in [2.45, 2.75) is 32.7 Å². The lowest BCUT2D eigenvalue weighted by molar-refractivity contribution is 0.425. The second kappa shape index (κ2) is 8.59. The number of benzene rings is 2. The van der Waals surface area contributed by atoms with Crippen LogP contribution in [0.3, 0.4) is 0 Å². The van der Waals surface area contributed by atoms with Crippen LogP contribution >= 0.6 is 27.5 Å². The Bertz CT molecular complexity index is 917. The molecule has 1 aromatic heterocycles. The van der Waals surface area contributed by atoms with Crippen LogP contribution in [0, 0.1) is 0 Å². The van der Waals surface area contributed by atoms with E-state index in [4.69, 9.17) is 11.6 Å². The molecule has 1 heterocycles. The molecule has 3 rings (SSSR count). The summed E-state index contributed by atoms with van der Waals surface area (Å²) in [6.45, 7) is 8.41. The number of nitrogens with zero attached hydrogens (tertiary/aromatic N) is 1. The minimum Gasteiger partial charge on any atom is -0.384 e. The van der Waals surface area contributed by atoms with Crippen molar-refractivity contribution in [1.82, 2.24) is 10.3 Å². The molecule has 5 heteroatoms. The average molecular weight is 447 g/mol. The molecule has 0 atom stereocenters. The van der Waals surface area contributed by atoms with Crippen LogP contribution in [-0.2, 0) is 0 Å². The number of halogens is 2. The van der Waals surface area contributed by atoms with Crippen molar-refractivity contribution in [2.24, 2.45) is 0 Å². The van der Waals surface area contributed by atoms with E-state index in [0.29, 0.717) is 5.02 Å². The lowest BCUT2D eigenvalue weighted by Gasteiger charge is -2.21. The molecule has 3 aromatic rings. The summed E-state index contributed by atoms with van der Waals surface area (Å²) in [4.78, 5) is 4.63. The molecule has 142 valence electrons. The Morgan fingerprint density at radius 2 is 1.78 bits per heavy atom. The number of hydrogen-bond donors (Lipinski definition) is 2. The summed E-state index contributed by atoms with van der Waals surface area (Å²) in [5.74, 6) is 0. The largest absolute Gasteiger partial charge is 0.384 e. The van der Waals surface area contributed by atoms with E-state index in [2.05, 4.69) is 76.6 Å². The lowest BCUT2D eigenvalue weighted by atomic mass is 10.0.